The number of nitrogens with two attached hydrogens (primary N) is 2. The van der Waals surface area contributed by atoms with E-state index in [4.69, 9.17) is 21.8 Å². The van der Waals surface area contributed by atoms with Crippen LogP contribution in [0.3, 0.4) is 0 Å². The quantitative estimate of drug-likeness (QED) is 0.192. The molecule has 0 unspecified atom stereocenters. The highest BCUT2D eigenvalue weighted by Gasteiger charge is 2.08. The van der Waals surface area contributed by atoms with Crippen LogP contribution in [-0.2, 0) is 0 Å². The molecule has 1 rings (SSSR count). The lowest BCUT2D eigenvalue weighted by Gasteiger charge is -1.90. The summed E-state index contributed by atoms with van der Waals surface area (Å²) in [6.07, 6.45) is 2.27. The number of aliphatic imine (C=N–C) groups is 1. The fraction of sp³-hybridized carbons (Fsp3) is 0.667. The third-order valence-electron chi connectivity index (χ3n) is 1.21. The Morgan fingerprint density at radius 1 is 1.67 bits per heavy atom. The molecule has 0 bridgehead atoms. The monoisotopic (exact) mass is 171 g/mol. The number of nitrogens with zero attached hydrogens (tertiary/aromatic N) is 2. The topological polar surface area (TPSA) is 120 Å². The van der Waals surface area contributed by atoms with Crippen LogP contribution in [0, 0.1) is 11.5 Å². The molecule has 0 aromatic rings. The highest BCUT2D eigenvalue weighted by Crippen LogP contribution is 1.93. The average Bonchev–Trinajstić information content (AvgIpc) is 2.40. The predicted octanol–water partition coefficient (Wildman–Crippen LogP) is -1.92. The third-order valence-corrected chi connectivity index (χ3v) is 1.21. The summed E-state index contributed by atoms with van der Waals surface area (Å²) < 4.78 is 0. The number of hydrogen-bond donors (Lipinski definition) is 4. The molecule has 0 amide bonds. The summed E-state index contributed by atoms with van der Waals surface area (Å²) >= 11 is 0. The van der Waals surface area contributed by atoms with E-state index in [-0.39, 0.29) is 12.1 Å². The minimum absolute atomic E-state index is 0.0648. The van der Waals surface area contributed by atoms with Crippen LogP contribution in [0.4, 0.5) is 0 Å². The van der Waals surface area contributed by atoms with E-state index in [9.17, 15) is 0 Å². The van der Waals surface area contributed by atoms with E-state index in [1.54, 1.807) is 0 Å². The van der Waals surface area contributed by atoms with Crippen LogP contribution in [0.5, 0.6) is 0 Å². The predicted molar refractivity (Wildman–Crippen MR) is 44.9 cm³/mol. The van der Waals surface area contributed by atoms with Crippen LogP contribution in [0.15, 0.2) is 4.99 Å². The Bertz CT molecular complexity index is 175. The molecule has 0 spiro atoms. The molecular formula is C6H13N5O. The van der Waals surface area contributed by atoms with Crippen molar-refractivity contribution in [1.82, 2.24) is 5.32 Å². The smallest absolute Gasteiger partial charge is 0.209 e. The summed E-state index contributed by atoms with van der Waals surface area (Å²) in [6, 6.07) is 0. The van der Waals surface area contributed by atoms with Crippen LogP contribution in [0.25, 0.3) is 0 Å². The number of guanidine groups is 1. The Labute approximate surface area is 70.9 Å². The number of aliphatic hydroxyl groups excluding tert-OH is 1. The molecule has 1 heterocycles. The van der Waals surface area contributed by atoms with E-state index in [1.165, 1.54) is 6.19 Å². The zero-order valence-electron chi connectivity index (χ0n) is 6.70. The molecule has 0 aliphatic carbocycles. The molecule has 68 valence electrons. The maximum absolute atomic E-state index is 8.67. The van der Waals surface area contributed by atoms with Crippen molar-refractivity contribution in [3.05, 3.63) is 0 Å². The Morgan fingerprint density at radius 2 is 2.33 bits per heavy atom. The number of nitriles is 1. The lowest BCUT2D eigenvalue weighted by molar-refractivity contribution is 0.196. The van der Waals surface area contributed by atoms with E-state index in [2.05, 4.69) is 10.3 Å². The lowest BCUT2D eigenvalue weighted by Crippen LogP contribution is -2.21. The van der Waals surface area contributed by atoms with Gasteiger partial charge in [0.2, 0.25) is 12.2 Å². The fourth-order valence-corrected chi connectivity index (χ4v) is 0.697. The second kappa shape index (κ2) is 6.39. The minimum atomic E-state index is -0.197. The lowest BCUT2D eigenvalue weighted by atomic mass is 10.3. The van der Waals surface area contributed by atoms with Gasteiger partial charge in [-0.15, -0.1) is 4.99 Å². The first kappa shape index (κ1) is 10.7. The van der Waals surface area contributed by atoms with Gasteiger partial charge >= 0.3 is 0 Å². The van der Waals surface area contributed by atoms with E-state index < -0.39 is 0 Å². The van der Waals surface area contributed by atoms with Gasteiger partial charge in [-0.25, -0.2) is 0 Å². The van der Waals surface area contributed by atoms with Gasteiger partial charge in [0.15, 0.2) is 0 Å². The molecule has 0 aromatic heterocycles. The molecule has 1 saturated heterocycles. The van der Waals surface area contributed by atoms with Crippen LogP contribution in [0.2, 0.25) is 0 Å². The molecule has 0 aromatic carbocycles. The molecule has 1 aliphatic heterocycles. The molecule has 12 heavy (non-hydrogen) atoms. The average molecular weight is 171 g/mol. The first-order chi connectivity index (χ1) is 5.66. The van der Waals surface area contributed by atoms with Gasteiger partial charge in [0.1, 0.15) is 0 Å². The molecule has 6 heteroatoms. The van der Waals surface area contributed by atoms with Crippen molar-refractivity contribution in [2.24, 2.45) is 16.5 Å². The van der Waals surface area contributed by atoms with Gasteiger partial charge in [-0.05, 0) is 13.0 Å². The van der Waals surface area contributed by atoms with Crippen LogP contribution >= 0.6 is 0 Å². The second-order valence-electron chi connectivity index (χ2n) is 2.28. The summed E-state index contributed by atoms with van der Waals surface area (Å²) in [6.45, 7) is 1.78. The molecule has 1 fully saturated rings. The molecule has 0 saturated carbocycles. The largest absolute Gasteiger partial charge is 0.392 e. The van der Waals surface area contributed by atoms with Crippen molar-refractivity contribution >= 4 is 5.96 Å². The van der Waals surface area contributed by atoms with Gasteiger partial charge in [0, 0.05) is 6.54 Å². The first-order valence-electron chi connectivity index (χ1n) is 3.53. The van der Waals surface area contributed by atoms with E-state index >= 15 is 0 Å². The van der Waals surface area contributed by atoms with Gasteiger partial charge in [0.25, 0.3) is 0 Å². The summed E-state index contributed by atoms with van der Waals surface area (Å²) in [5, 5.41) is 19.3. The number of aliphatic hydroxyl groups is 1. The summed E-state index contributed by atoms with van der Waals surface area (Å²) in [4.78, 5) is 2.90. The van der Waals surface area contributed by atoms with E-state index in [1.807, 2.05) is 0 Å². The summed E-state index contributed by atoms with van der Waals surface area (Å²) in [5.41, 5.74) is 9.42. The molecule has 0 radical (unpaired) electrons. The Morgan fingerprint density at radius 3 is 2.42 bits per heavy atom. The zero-order chi connectivity index (χ0) is 9.40. The van der Waals surface area contributed by atoms with Gasteiger partial charge in [-0.1, -0.05) is 0 Å². The third kappa shape index (κ3) is 6.80. The summed E-state index contributed by atoms with van der Waals surface area (Å²) in [7, 11) is 0. The molecular weight excluding hydrogens is 158 g/mol. The van der Waals surface area contributed by atoms with Gasteiger partial charge in [-0.2, -0.15) is 5.26 Å². The maximum Gasteiger partial charge on any atom is 0.209 e. The van der Waals surface area contributed by atoms with Crippen molar-refractivity contribution in [3.63, 3.8) is 0 Å². The SMILES string of the molecule is N#CN=C(N)N.O[C@H]1CCNC1. The number of hydrogen-bond acceptors (Lipinski definition) is 4. The zero-order valence-corrected chi connectivity index (χ0v) is 6.70. The highest BCUT2D eigenvalue weighted by atomic mass is 16.3. The number of nitrogens with one attached hydrogen (secondary N) is 1. The normalized spacial score (nSPS) is 20.2. The summed E-state index contributed by atoms with van der Waals surface area (Å²) in [5.74, 6) is -0.197. The van der Waals surface area contributed by atoms with E-state index in [0.717, 1.165) is 19.5 Å². The fourth-order valence-electron chi connectivity index (χ4n) is 0.697. The van der Waals surface area contributed by atoms with Crippen molar-refractivity contribution in [2.75, 3.05) is 13.1 Å². The van der Waals surface area contributed by atoms with Crippen molar-refractivity contribution in [1.29, 1.82) is 5.26 Å². The highest BCUT2D eigenvalue weighted by molar-refractivity contribution is 5.76. The molecule has 1 aliphatic rings. The molecule has 1 atom stereocenters. The Balaban J connectivity index is 0.000000202. The van der Waals surface area contributed by atoms with E-state index in [0.29, 0.717) is 0 Å². The number of rotatable bonds is 0. The Hall–Kier alpha value is -1.32. The van der Waals surface area contributed by atoms with Gasteiger partial charge < -0.3 is 21.9 Å². The van der Waals surface area contributed by atoms with Crippen LogP contribution < -0.4 is 16.8 Å². The second-order valence-corrected chi connectivity index (χ2v) is 2.28. The van der Waals surface area contributed by atoms with Gasteiger partial charge in [-0.3, -0.25) is 0 Å². The molecule has 6 nitrogen and oxygen atoms in total. The van der Waals surface area contributed by atoms with Crippen LogP contribution in [0.1, 0.15) is 6.42 Å². The standard InChI is InChI=1S/C4H9NO.C2H4N4/c6-4-1-2-5-3-4;3-1-6-2(4)5/h4-6H,1-3H2;(H4,4,5,6)/t4-;/m0./s1. The maximum atomic E-state index is 8.67. The number of β-amino-alcohol motifs (C(OH)–C–C–N with tert-alkyl or cyclic N) is 1. The Kier molecular flexibility index (Phi) is 5.69. The van der Waals surface area contributed by atoms with Crippen LogP contribution in [-0.4, -0.2) is 30.3 Å². The minimum Gasteiger partial charge on any atom is -0.392 e. The first-order valence-corrected chi connectivity index (χ1v) is 3.53. The molecule has 6 N–H and O–H groups in total. The van der Waals surface area contributed by atoms with Crippen molar-refractivity contribution in [3.8, 4) is 6.19 Å². The van der Waals surface area contributed by atoms with Crippen molar-refractivity contribution < 1.29 is 5.11 Å². The van der Waals surface area contributed by atoms with Gasteiger partial charge in [0.05, 0.1) is 6.10 Å². The van der Waals surface area contributed by atoms with Crippen molar-refractivity contribution in [2.45, 2.75) is 12.5 Å².